The highest BCUT2D eigenvalue weighted by Gasteiger charge is 2.21. The summed E-state index contributed by atoms with van der Waals surface area (Å²) in [5.41, 5.74) is 0.203. The minimum absolute atomic E-state index is 0.0280. The van der Waals surface area contributed by atoms with Crippen LogP contribution in [0.4, 0.5) is 0 Å². The number of carbonyl (C=O) groups is 1. The lowest BCUT2D eigenvalue weighted by molar-refractivity contribution is -0.142. The van der Waals surface area contributed by atoms with Crippen LogP contribution in [0.2, 0.25) is 0 Å². The van der Waals surface area contributed by atoms with Gasteiger partial charge >= 0.3 is 5.97 Å². The second-order valence-electron chi connectivity index (χ2n) is 6.96. The van der Waals surface area contributed by atoms with E-state index in [0.29, 0.717) is 6.42 Å². The van der Waals surface area contributed by atoms with Crippen LogP contribution in [0.1, 0.15) is 89.9 Å². The predicted octanol–water partition coefficient (Wildman–Crippen LogP) is 4.83. The monoisotopic (exact) mass is 309 g/mol. The summed E-state index contributed by atoms with van der Waals surface area (Å²) in [6, 6.07) is 0. The van der Waals surface area contributed by atoms with Crippen molar-refractivity contribution in [3.8, 4) is 0 Å². The fourth-order valence-corrected chi connectivity index (χ4v) is 3.80. The first-order valence-electron chi connectivity index (χ1n) is 9.21. The second kappa shape index (κ2) is 9.86. The van der Waals surface area contributed by atoms with Gasteiger partial charge in [0.05, 0.1) is 0 Å². The molecule has 4 heteroatoms. The van der Waals surface area contributed by atoms with Crippen LogP contribution < -0.4 is 0 Å². The van der Waals surface area contributed by atoms with Crippen molar-refractivity contribution >= 4 is 11.7 Å². The molecule has 2 saturated carbocycles. The van der Waals surface area contributed by atoms with Gasteiger partial charge in [0.25, 0.3) is 0 Å². The quantitative estimate of drug-likeness (QED) is 0.241. The van der Waals surface area contributed by atoms with Crippen LogP contribution in [0, 0.1) is 5.92 Å². The molecule has 0 spiro atoms. The zero-order valence-electron chi connectivity index (χ0n) is 13.8. The Morgan fingerprint density at radius 3 is 2.23 bits per heavy atom. The van der Waals surface area contributed by atoms with E-state index in [2.05, 4.69) is 5.16 Å². The Labute approximate surface area is 134 Å². The molecule has 1 N–H and O–H groups in total. The van der Waals surface area contributed by atoms with Gasteiger partial charge in [0.1, 0.15) is 6.10 Å². The van der Waals surface area contributed by atoms with Crippen LogP contribution >= 0.6 is 0 Å². The van der Waals surface area contributed by atoms with Crippen molar-refractivity contribution in [3.05, 3.63) is 0 Å². The van der Waals surface area contributed by atoms with E-state index in [-0.39, 0.29) is 11.8 Å². The Hall–Kier alpha value is -1.06. The van der Waals surface area contributed by atoms with Crippen LogP contribution in [0.25, 0.3) is 0 Å². The summed E-state index contributed by atoms with van der Waals surface area (Å²) in [4.78, 5) is 12.0. The van der Waals surface area contributed by atoms with Gasteiger partial charge in [-0.1, -0.05) is 56.5 Å². The van der Waals surface area contributed by atoms with Gasteiger partial charge in [0.15, 0.2) is 5.71 Å². The Morgan fingerprint density at radius 2 is 1.59 bits per heavy atom. The van der Waals surface area contributed by atoms with Gasteiger partial charge in [0.2, 0.25) is 0 Å². The maximum Gasteiger partial charge on any atom is 0.356 e. The zero-order valence-corrected chi connectivity index (χ0v) is 13.8. The van der Waals surface area contributed by atoms with Crippen molar-refractivity contribution in [2.24, 2.45) is 11.1 Å². The van der Waals surface area contributed by atoms with E-state index in [9.17, 15) is 4.79 Å². The average Bonchev–Trinajstić information content (AvgIpc) is 2.56. The predicted molar refractivity (Wildman–Crippen MR) is 87.2 cm³/mol. The van der Waals surface area contributed by atoms with Crippen LogP contribution in [-0.4, -0.2) is 23.0 Å². The van der Waals surface area contributed by atoms with Gasteiger partial charge in [-0.25, -0.2) is 4.79 Å². The zero-order chi connectivity index (χ0) is 15.6. The number of rotatable bonds is 7. The molecule has 0 bridgehead atoms. The Morgan fingerprint density at radius 1 is 0.955 bits per heavy atom. The van der Waals surface area contributed by atoms with E-state index in [1.54, 1.807) is 0 Å². The minimum atomic E-state index is -0.410. The molecule has 2 aliphatic rings. The third-order valence-electron chi connectivity index (χ3n) is 5.18. The number of ether oxygens (including phenoxy) is 1. The number of carbonyl (C=O) groups excluding carboxylic acids is 1. The summed E-state index contributed by atoms with van der Waals surface area (Å²) < 4.78 is 5.46. The molecule has 0 aromatic heterocycles. The fraction of sp³-hybridized carbons (Fsp3) is 0.889. The molecule has 0 aromatic carbocycles. The highest BCUT2D eigenvalue weighted by atomic mass is 16.5. The lowest BCUT2D eigenvalue weighted by Crippen LogP contribution is -2.26. The number of nitrogens with zero attached hydrogens (tertiary/aromatic N) is 1. The molecular formula is C18H31NO3. The Kier molecular flexibility index (Phi) is 7.75. The molecule has 2 aliphatic carbocycles. The molecule has 0 saturated heterocycles. The number of unbranched alkanes of at least 4 members (excludes halogenated alkanes) is 1. The number of hydrogen-bond donors (Lipinski definition) is 1. The van der Waals surface area contributed by atoms with E-state index in [1.165, 1.54) is 44.9 Å². The lowest BCUT2D eigenvalue weighted by atomic mass is 9.85. The van der Waals surface area contributed by atoms with Crippen LogP contribution in [0.15, 0.2) is 5.16 Å². The molecule has 0 atom stereocenters. The van der Waals surface area contributed by atoms with E-state index < -0.39 is 5.97 Å². The van der Waals surface area contributed by atoms with E-state index in [1.807, 2.05) is 0 Å². The van der Waals surface area contributed by atoms with Crippen molar-refractivity contribution < 1.29 is 14.7 Å². The topological polar surface area (TPSA) is 58.9 Å². The number of oxime groups is 1. The first-order valence-corrected chi connectivity index (χ1v) is 9.21. The Bertz CT molecular complexity index is 355. The fourth-order valence-electron chi connectivity index (χ4n) is 3.80. The molecule has 2 fully saturated rings. The number of esters is 1. The summed E-state index contributed by atoms with van der Waals surface area (Å²) in [5.74, 6) is 0.463. The first-order chi connectivity index (χ1) is 10.8. The van der Waals surface area contributed by atoms with Gasteiger partial charge in [0, 0.05) is 6.42 Å². The molecule has 22 heavy (non-hydrogen) atoms. The summed E-state index contributed by atoms with van der Waals surface area (Å²) in [6.07, 6.45) is 16.1. The van der Waals surface area contributed by atoms with Gasteiger partial charge in [-0.05, 0) is 38.0 Å². The summed E-state index contributed by atoms with van der Waals surface area (Å²) >= 11 is 0. The number of hydrogen-bond acceptors (Lipinski definition) is 4. The SMILES string of the molecule is O=C(OC1CCCCC1)/C(CCCCC1CCCCC1)=N\O. The molecule has 0 aromatic rings. The lowest BCUT2D eigenvalue weighted by Gasteiger charge is -2.22. The Balaban J connectivity index is 1.62. The molecule has 0 heterocycles. The minimum Gasteiger partial charge on any atom is -0.458 e. The second-order valence-corrected chi connectivity index (χ2v) is 6.96. The van der Waals surface area contributed by atoms with Crippen molar-refractivity contribution in [1.29, 1.82) is 0 Å². The third kappa shape index (κ3) is 5.98. The molecule has 0 aliphatic heterocycles. The third-order valence-corrected chi connectivity index (χ3v) is 5.18. The standard InChI is InChI=1S/C18H31NO3/c20-18(22-16-12-5-2-6-13-16)17(19-21)14-8-7-11-15-9-3-1-4-10-15/h15-16,21H,1-14H2/b19-17-. The van der Waals surface area contributed by atoms with E-state index in [0.717, 1.165) is 44.4 Å². The van der Waals surface area contributed by atoms with E-state index in [4.69, 9.17) is 9.94 Å². The van der Waals surface area contributed by atoms with Crippen molar-refractivity contribution in [3.63, 3.8) is 0 Å². The largest absolute Gasteiger partial charge is 0.458 e. The normalized spacial score (nSPS) is 21.7. The molecule has 126 valence electrons. The molecule has 2 rings (SSSR count). The molecule has 0 unspecified atom stereocenters. The highest BCUT2D eigenvalue weighted by molar-refractivity contribution is 6.36. The molecular weight excluding hydrogens is 278 g/mol. The van der Waals surface area contributed by atoms with Crippen molar-refractivity contribution in [2.45, 2.75) is 96.0 Å². The summed E-state index contributed by atoms with van der Waals surface area (Å²) in [6.45, 7) is 0. The first kappa shape index (κ1) is 17.3. The maximum atomic E-state index is 12.0. The van der Waals surface area contributed by atoms with Gasteiger partial charge in [-0.15, -0.1) is 0 Å². The average molecular weight is 309 g/mol. The van der Waals surface area contributed by atoms with Crippen LogP contribution in [0.3, 0.4) is 0 Å². The highest BCUT2D eigenvalue weighted by Crippen LogP contribution is 2.28. The van der Waals surface area contributed by atoms with Gasteiger partial charge < -0.3 is 9.94 Å². The summed E-state index contributed by atoms with van der Waals surface area (Å²) in [5, 5.41) is 12.2. The molecule has 0 radical (unpaired) electrons. The van der Waals surface area contributed by atoms with Gasteiger partial charge in [-0.2, -0.15) is 0 Å². The summed E-state index contributed by atoms with van der Waals surface area (Å²) in [7, 11) is 0. The van der Waals surface area contributed by atoms with Crippen molar-refractivity contribution in [1.82, 2.24) is 0 Å². The van der Waals surface area contributed by atoms with Crippen LogP contribution in [-0.2, 0) is 9.53 Å². The smallest absolute Gasteiger partial charge is 0.356 e. The van der Waals surface area contributed by atoms with E-state index >= 15 is 0 Å². The molecule has 0 amide bonds. The van der Waals surface area contributed by atoms with Crippen molar-refractivity contribution in [2.75, 3.05) is 0 Å². The van der Waals surface area contributed by atoms with Gasteiger partial charge in [-0.3, -0.25) is 0 Å². The molecule has 4 nitrogen and oxygen atoms in total. The van der Waals surface area contributed by atoms with Crippen LogP contribution in [0.5, 0.6) is 0 Å². The maximum absolute atomic E-state index is 12.0.